The minimum absolute atomic E-state index is 0.00705. The smallest absolute Gasteiger partial charge is 0.312 e. The Bertz CT molecular complexity index is 1270. The number of rotatable bonds is 21. The average Bonchev–Trinajstić information content (AvgIpc) is 3.03. The molecule has 8 nitrogen and oxygen atoms in total. The van der Waals surface area contributed by atoms with Gasteiger partial charge in [-0.2, -0.15) is 10.2 Å². The van der Waals surface area contributed by atoms with Gasteiger partial charge in [0.1, 0.15) is 11.5 Å². The lowest BCUT2D eigenvalue weighted by Gasteiger charge is -2.10. The van der Waals surface area contributed by atoms with Crippen molar-refractivity contribution in [3.05, 3.63) is 94.4 Å². The highest BCUT2D eigenvalue weighted by molar-refractivity contribution is 5.75. The Balaban J connectivity index is 1.29. The maximum absolute atomic E-state index is 12.4. The molecule has 0 fully saturated rings. The van der Waals surface area contributed by atoms with Gasteiger partial charge in [0.15, 0.2) is 0 Å². The number of nitrogens with zero attached hydrogens (tertiary/aromatic N) is 3. The molecule has 0 aliphatic rings. The van der Waals surface area contributed by atoms with E-state index in [4.69, 9.17) is 9.47 Å². The summed E-state index contributed by atoms with van der Waals surface area (Å²) in [6, 6.07) is 20.4. The average molecular weight is 601 g/mol. The van der Waals surface area contributed by atoms with Crippen LogP contribution in [0.3, 0.4) is 0 Å². The highest BCUT2D eigenvalue weighted by Crippen LogP contribution is 2.25. The highest BCUT2D eigenvalue weighted by atomic mass is 16.6. The molecule has 0 saturated carbocycles. The molecule has 8 heteroatoms. The van der Waals surface area contributed by atoms with E-state index in [1.54, 1.807) is 43.3 Å². The Labute approximate surface area is 262 Å². The number of unbranched alkanes of at least 4 members (excludes halogenated alkanes) is 11. The standard InChI is InChI=1S/C36H46N3O5/c1-3-4-5-6-7-8-9-10-11-12-13-14-27-43-34-23-17-31(18-24-34)37-38-32-19-25-35(26-20-32)44-36(40)28-29(2)30-15-21-33(22-16-30)39(41)42/h15-26H,3-14,27-28H2,1-2H3. The van der Waals surface area contributed by atoms with Crippen molar-refractivity contribution in [2.75, 3.05) is 6.61 Å². The molecule has 0 aliphatic heterocycles. The number of benzene rings is 3. The number of carbonyl (C=O) groups excluding carboxylic acids is 1. The van der Waals surface area contributed by atoms with Crippen LogP contribution in [0.15, 0.2) is 83.0 Å². The van der Waals surface area contributed by atoms with E-state index in [9.17, 15) is 14.9 Å². The molecule has 0 amide bonds. The second-order valence-electron chi connectivity index (χ2n) is 11.2. The van der Waals surface area contributed by atoms with Crippen LogP contribution in [0.5, 0.6) is 11.5 Å². The molecule has 0 aromatic heterocycles. The van der Waals surface area contributed by atoms with Crippen molar-refractivity contribution in [3.8, 4) is 11.5 Å². The van der Waals surface area contributed by atoms with Gasteiger partial charge in [0.05, 0.1) is 29.3 Å². The fraction of sp³-hybridized carbons (Fsp3) is 0.444. The zero-order valence-corrected chi connectivity index (χ0v) is 26.2. The lowest BCUT2D eigenvalue weighted by Crippen LogP contribution is -2.12. The molecule has 0 heterocycles. The molecule has 44 heavy (non-hydrogen) atoms. The lowest BCUT2D eigenvalue weighted by atomic mass is 9.98. The van der Waals surface area contributed by atoms with Crippen molar-refractivity contribution in [2.45, 2.75) is 97.3 Å². The van der Waals surface area contributed by atoms with Crippen LogP contribution in [0.1, 0.15) is 103 Å². The molecule has 0 bridgehead atoms. The van der Waals surface area contributed by atoms with Crippen LogP contribution < -0.4 is 9.47 Å². The summed E-state index contributed by atoms with van der Waals surface area (Å²) in [6.07, 6.45) is 16.0. The van der Waals surface area contributed by atoms with Gasteiger partial charge in [-0.15, -0.1) is 0 Å². The van der Waals surface area contributed by atoms with Crippen molar-refractivity contribution in [3.63, 3.8) is 0 Å². The Kier molecular flexibility index (Phi) is 15.6. The van der Waals surface area contributed by atoms with E-state index in [-0.39, 0.29) is 12.1 Å². The second-order valence-corrected chi connectivity index (χ2v) is 11.2. The van der Waals surface area contributed by atoms with Crippen molar-refractivity contribution >= 4 is 23.0 Å². The molecule has 3 rings (SSSR count). The molecular weight excluding hydrogens is 554 g/mol. The maximum Gasteiger partial charge on any atom is 0.312 e. The highest BCUT2D eigenvalue weighted by Gasteiger charge is 2.15. The number of non-ortho nitro benzene ring substituents is 1. The van der Waals surface area contributed by atoms with Crippen molar-refractivity contribution in [1.29, 1.82) is 0 Å². The molecule has 3 aromatic rings. The first-order valence-corrected chi connectivity index (χ1v) is 16.0. The maximum atomic E-state index is 12.4. The Morgan fingerprint density at radius 3 is 1.66 bits per heavy atom. The first-order chi connectivity index (χ1) is 21.4. The van der Waals surface area contributed by atoms with Crippen LogP contribution in [-0.4, -0.2) is 17.5 Å². The summed E-state index contributed by atoms with van der Waals surface area (Å²) >= 11 is 0. The van der Waals surface area contributed by atoms with E-state index in [0.29, 0.717) is 11.4 Å². The fourth-order valence-corrected chi connectivity index (χ4v) is 4.79. The predicted molar refractivity (Wildman–Crippen MR) is 175 cm³/mol. The number of azo groups is 1. The van der Waals surface area contributed by atoms with Crippen LogP contribution in [-0.2, 0) is 4.79 Å². The Morgan fingerprint density at radius 2 is 1.16 bits per heavy atom. The van der Waals surface area contributed by atoms with E-state index in [1.165, 1.54) is 82.8 Å². The Morgan fingerprint density at radius 1 is 0.682 bits per heavy atom. The van der Waals surface area contributed by atoms with Crippen LogP contribution in [0.2, 0.25) is 0 Å². The summed E-state index contributed by atoms with van der Waals surface area (Å²) in [5.41, 5.74) is 2.11. The molecule has 0 aliphatic carbocycles. The summed E-state index contributed by atoms with van der Waals surface area (Å²) in [7, 11) is 0. The van der Waals surface area contributed by atoms with Crippen LogP contribution in [0.4, 0.5) is 17.1 Å². The molecule has 0 saturated heterocycles. The number of nitro groups is 1. The van der Waals surface area contributed by atoms with Crippen LogP contribution >= 0.6 is 0 Å². The minimum atomic E-state index is -0.455. The predicted octanol–water partition coefficient (Wildman–Crippen LogP) is 11.0. The molecule has 1 radical (unpaired) electrons. The lowest BCUT2D eigenvalue weighted by molar-refractivity contribution is -0.384. The number of esters is 1. The van der Waals surface area contributed by atoms with Gasteiger partial charge in [0.25, 0.3) is 5.69 Å². The number of hydrogen-bond acceptors (Lipinski definition) is 7. The van der Waals surface area contributed by atoms with Gasteiger partial charge in [0, 0.05) is 18.1 Å². The summed E-state index contributed by atoms with van der Waals surface area (Å²) in [4.78, 5) is 22.7. The molecular formula is C36H46N3O5. The molecule has 3 aromatic carbocycles. The summed E-state index contributed by atoms with van der Waals surface area (Å²) < 4.78 is 11.3. The van der Waals surface area contributed by atoms with Gasteiger partial charge in [-0.1, -0.05) is 96.6 Å². The zero-order chi connectivity index (χ0) is 31.4. The van der Waals surface area contributed by atoms with E-state index in [1.807, 2.05) is 24.3 Å². The van der Waals surface area contributed by atoms with Gasteiger partial charge in [-0.3, -0.25) is 14.9 Å². The van der Waals surface area contributed by atoms with Crippen molar-refractivity contribution in [1.82, 2.24) is 0 Å². The van der Waals surface area contributed by atoms with Gasteiger partial charge < -0.3 is 9.47 Å². The second kappa shape index (κ2) is 20.0. The van der Waals surface area contributed by atoms with E-state index >= 15 is 0 Å². The van der Waals surface area contributed by atoms with Crippen LogP contribution in [0, 0.1) is 16.0 Å². The third-order valence-corrected chi connectivity index (χ3v) is 7.43. The summed E-state index contributed by atoms with van der Waals surface area (Å²) in [5, 5.41) is 19.4. The molecule has 235 valence electrons. The quantitative estimate of drug-likeness (QED) is 0.0302. The molecule has 0 spiro atoms. The van der Waals surface area contributed by atoms with Crippen molar-refractivity contribution in [2.24, 2.45) is 10.2 Å². The van der Waals surface area contributed by atoms with E-state index < -0.39 is 10.9 Å². The first-order valence-electron chi connectivity index (χ1n) is 16.0. The SMILES string of the molecule is CCCCCCCCCCCCCCOc1ccc(N=Nc2ccc(OC(=O)C[C](C)c3ccc([N+](=O)[O-])cc3)cc2)cc1. The Hall–Kier alpha value is -4.07. The number of ether oxygens (including phenoxy) is 2. The number of nitro benzene ring substituents is 1. The molecule has 0 unspecified atom stereocenters. The number of carbonyl (C=O) groups is 1. The van der Waals surface area contributed by atoms with E-state index in [2.05, 4.69) is 17.2 Å². The minimum Gasteiger partial charge on any atom is -0.494 e. The third kappa shape index (κ3) is 13.5. The normalized spacial score (nSPS) is 11.2. The van der Waals surface area contributed by atoms with Gasteiger partial charge in [0.2, 0.25) is 0 Å². The van der Waals surface area contributed by atoms with Gasteiger partial charge >= 0.3 is 5.97 Å². The fourth-order valence-electron chi connectivity index (χ4n) is 4.79. The summed E-state index contributed by atoms with van der Waals surface area (Å²) in [6.45, 7) is 4.79. The van der Waals surface area contributed by atoms with E-state index in [0.717, 1.165) is 35.9 Å². The zero-order valence-electron chi connectivity index (χ0n) is 26.2. The topological polar surface area (TPSA) is 103 Å². The van der Waals surface area contributed by atoms with Crippen LogP contribution in [0.25, 0.3) is 0 Å². The number of hydrogen-bond donors (Lipinski definition) is 0. The first kappa shape index (κ1) is 34.4. The van der Waals surface area contributed by atoms with Gasteiger partial charge in [-0.05, 0) is 60.5 Å². The van der Waals surface area contributed by atoms with Gasteiger partial charge in [-0.25, -0.2) is 0 Å². The summed E-state index contributed by atoms with van der Waals surface area (Å²) in [5.74, 6) is 1.58. The van der Waals surface area contributed by atoms with Crippen molar-refractivity contribution < 1.29 is 19.2 Å². The molecule has 0 N–H and O–H groups in total. The largest absolute Gasteiger partial charge is 0.494 e. The third-order valence-electron chi connectivity index (χ3n) is 7.43. The molecule has 0 atom stereocenters. The monoisotopic (exact) mass is 600 g/mol.